The Balaban J connectivity index is 2.34. The molecule has 0 fully saturated rings. The first kappa shape index (κ1) is 12.9. The van der Waals surface area contributed by atoms with Crippen LogP contribution in [-0.4, -0.2) is 0 Å². The van der Waals surface area contributed by atoms with E-state index in [1.54, 1.807) is 25.1 Å². The normalized spacial score (nSPS) is 10.4. The largest absolute Gasteiger partial charge is 0.456 e. The third-order valence-electron chi connectivity index (χ3n) is 2.68. The van der Waals surface area contributed by atoms with Gasteiger partial charge in [0.25, 0.3) is 0 Å². The number of aryl methyl sites for hydroxylation is 2. The van der Waals surface area contributed by atoms with Gasteiger partial charge in [0.1, 0.15) is 17.3 Å². The molecule has 2 nitrogen and oxygen atoms in total. The standard InChI is InChI=1S/C14H13BrFNO/c1-8-5-10(3-4-12(8)16)18-14-6-9(2)13(17)7-11(14)15/h3-7H,17H2,1-2H3. The molecular weight excluding hydrogens is 297 g/mol. The van der Waals surface area contributed by atoms with Gasteiger partial charge in [-0.2, -0.15) is 0 Å². The Morgan fingerprint density at radius 1 is 1.11 bits per heavy atom. The molecule has 0 saturated heterocycles. The van der Waals surface area contributed by atoms with Crippen molar-refractivity contribution < 1.29 is 9.13 Å². The molecule has 2 N–H and O–H groups in total. The molecule has 18 heavy (non-hydrogen) atoms. The summed E-state index contributed by atoms with van der Waals surface area (Å²) in [6, 6.07) is 8.29. The Morgan fingerprint density at radius 2 is 1.83 bits per heavy atom. The number of benzene rings is 2. The fraction of sp³-hybridized carbons (Fsp3) is 0.143. The molecule has 0 aromatic heterocycles. The molecule has 2 rings (SSSR count). The van der Waals surface area contributed by atoms with Crippen molar-refractivity contribution in [1.82, 2.24) is 0 Å². The van der Waals surface area contributed by atoms with Crippen molar-refractivity contribution in [3.05, 3.63) is 51.7 Å². The highest BCUT2D eigenvalue weighted by Crippen LogP contribution is 2.33. The second-order valence-corrected chi connectivity index (χ2v) is 5.01. The molecule has 0 aliphatic carbocycles. The lowest BCUT2D eigenvalue weighted by Gasteiger charge is -2.11. The lowest BCUT2D eigenvalue weighted by atomic mass is 10.2. The Labute approximate surface area is 114 Å². The van der Waals surface area contributed by atoms with Gasteiger partial charge in [0.2, 0.25) is 0 Å². The topological polar surface area (TPSA) is 35.2 Å². The Morgan fingerprint density at radius 3 is 2.50 bits per heavy atom. The van der Waals surface area contributed by atoms with Crippen LogP contribution in [0.15, 0.2) is 34.8 Å². The van der Waals surface area contributed by atoms with Crippen LogP contribution >= 0.6 is 15.9 Å². The number of nitrogens with two attached hydrogens (primary N) is 1. The summed E-state index contributed by atoms with van der Waals surface area (Å²) >= 11 is 3.39. The number of halogens is 2. The van der Waals surface area contributed by atoms with Gasteiger partial charge in [0.15, 0.2) is 0 Å². The van der Waals surface area contributed by atoms with Crippen LogP contribution in [-0.2, 0) is 0 Å². The maximum absolute atomic E-state index is 13.2. The van der Waals surface area contributed by atoms with Gasteiger partial charge in [-0.3, -0.25) is 0 Å². The van der Waals surface area contributed by atoms with E-state index < -0.39 is 0 Å². The summed E-state index contributed by atoms with van der Waals surface area (Å²) in [5.74, 6) is 1.02. The van der Waals surface area contributed by atoms with Crippen LogP contribution < -0.4 is 10.5 Å². The zero-order valence-electron chi connectivity index (χ0n) is 10.1. The Hall–Kier alpha value is -1.55. The monoisotopic (exact) mass is 309 g/mol. The smallest absolute Gasteiger partial charge is 0.142 e. The molecule has 2 aromatic carbocycles. The average Bonchev–Trinajstić information content (AvgIpc) is 2.31. The van der Waals surface area contributed by atoms with Gasteiger partial charge in [-0.05, 0) is 71.2 Å². The van der Waals surface area contributed by atoms with Crippen molar-refractivity contribution in [2.75, 3.05) is 5.73 Å². The molecule has 0 radical (unpaired) electrons. The zero-order valence-corrected chi connectivity index (χ0v) is 11.7. The van der Waals surface area contributed by atoms with E-state index in [0.717, 1.165) is 10.0 Å². The summed E-state index contributed by atoms with van der Waals surface area (Å²) in [6.07, 6.45) is 0. The fourth-order valence-corrected chi connectivity index (χ4v) is 2.00. The molecule has 0 aliphatic rings. The summed E-state index contributed by atoms with van der Waals surface area (Å²) in [5.41, 5.74) is 7.98. The lowest BCUT2D eigenvalue weighted by Crippen LogP contribution is -1.93. The van der Waals surface area contributed by atoms with Crippen molar-refractivity contribution >= 4 is 21.6 Å². The SMILES string of the molecule is Cc1cc(Oc2ccc(F)c(C)c2)c(Br)cc1N. The molecule has 2 aromatic rings. The Kier molecular flexibility index (Phi) is 3.57. The molecule has 0 unspecified atom stereocenters. The average molecular weight is 310 g/mol. The van der Waals surface area contributed by atoms with Gasteiger partial charge < -0.3 is 10.5 Å². The van der Waals surface area contributed by atoms with Gasteiger partial charge in [-0.1, -0.05) is 0 Å². The summed E-state index contributed by atoms with van der Waals surface area (Å²) in [4.78, 5) is 0. The minimum Gasteiger partial charge on any atom is -0.456 e. The van der Waals surface area contributed by atoms with Crippen LogP contribution in [0.3, 0.4) is 0 Å². The minimum absolute atomic E-state index is 0.241. The molecule has 94 valence electrons. The van der Waals surface area contributed by atoms with Gasteiger partial charge in [-0.15, -0.1) is 0 Å². The molecule has 4 heteroatoms. The molecule has 0 heterocycles. The quantitative estimate of drug-likeness (QED) is 0.824. The van der Waals surface area contributed by atoms with Crippen molar-refractivity contribution in [3.8, 4) is 11.5 Å². The van der Waals surface area contributed by atoms with Crippen LogP contribution in [0.4, 0.5) is 10.1 Å². The van der Waals surface area contributed by atoms with Crippen LogP contribution in [0.25, 0.3) is 0 Å². The summed E-state index contributed by atoms with van der Waals surface area (Å²) < 4.78 is 19.6. The molecule has 0 spiro atoms. The van der Waals surface area contributed by atoms with Gasteiger partial charge in [0, 0.05) is 5.69 Å². The van der Waals surface area contributed by atoms with Gasteiger partial charge >= 0.3 is 0 Å². The second-order valence-electron chi connectivity index (χ2n) is 4.15. The number of ether oxygens (including phenoxy) is 1. The Bertz CT molecular complexity index is 599. The first-order valence-electron chi connectivity index (χ1n) is 5.47. The van der Waals surface area contributed by atoms with E-state index in [1.165, 1.54) is 6.07 Å². The van der Waals surface area contributed by atoms with Crippen molar-refractivity contribution in [1.29, 1.82) is 0 Å². The molecular formula is C14H13BrFNO. The summed E-state index contributed by atoms with van der Waals surface area (Å²) in [6.45, 7) is 3.61. The maximum atomic E-state index is 13.2. The highest BCUT2D eigenvalue weighted by Gasteiger charge is 2.07. The lowest BCUT2D eigenvalue weighted by molar-refractivity contribution is 0.476. The van der Waals surface area contributed by atoms with Crippen molar-refractivity contribution in [2.24, 2.45) is 0 Å². The zero-order chi connectivity index (χ0) is 13.3. The van der Waals surface area contributed by atoms with Crippen LogP contribution in [0, 0.1) is 19.7 Å². The van der Waals surface area contributed by atoms with E-state index in [1.807, 2.05) is 13.0 Å². The number of anilines is 1. The van der Waals surface area contributed by atoms with E-state index in [-0.39, 0.29) is 5.82 Å². The number of hydrogen-bond donors (Lipinski definition) is 1. The number of rotatable bonds is 2. The summed E-state index contributed by atoms with van der Waals surface area (Å²) in [7, 11) is 0. The highest BCUT2D eigenvalue weighted by molar-refractivity contribution is 9.10. The van der Waals surface area contributed by atoms with Gasteiger partial charge in [-0.25, -0.2) is 4.39 Å². The third-order valence-corrected chi connectivity index (χ3v) is 3.30. The van der Waals surface area contributed by atoms with E-state index in [0.29, 0.717) is 22.7 Å². The summed E-state index contributed by atoms with van der Waals surface area (Å²) in [5, 5.41) is 0. The number of hydrogen-bond acceptors (Lipinski definition) is 2. The number of nitrogen functional groups attached to an aromatic ring is 1. The van der Waals surface area contributed by atoms with E-state index >= 15 is 0 Å². The fourth-order valence-electron chi connectivity index (χ4n) is 1.56. The molecule has 0 aliphatic heterocycles. The molecule has 0 bridgehead atoms. The van der Waals surface area contributed by atoms with Crippen LogP contribution in [0.2, 0.25) is 0 Å². The van der Waals surface area contributed by atoms with Crippen molar-refractivity contribution in [3.63, 3.8) is 0 Å². The van der Waals surface area contributed by atoms with E-state index in [2.05, 4.69) is 15.9 Å². The highest BCUT2D eigenvalue weighted by atomic mass is 79.9. The van der Waals surface area contributed by atoms with E-state index in [4.69, 9.17) is 10.5 Å². The van der Waals surface area contributed by atoms with Crippen LogP contribution in [0.1, 0.15) is 11.1 Å². The van der Waals surface area contributed by atoms with Crippen LogP contribution in [0.5, 0.6) is 11.5 Å². The van der Waals surface area contributed by atoms with Gasteiger partial charge in [0.05, 0.1) is 4.47 Å². The minimum atomic E-state index is -0.241. The van der Waals surface area contributed by atoms with E-state index in [9.17, 15) is 4.39 Å². The first-order chi connectivity index (χ1) is 8.47. The second kappa shape index (κ2) is 4.98. The molecule has 0 atom stereocenters. The molecule has 0 saturated carbocycles. The molecule has 0 amide bonds. The maximum Gasteiger partial charge on any atom is 0.142 e. The predicted molar refractivity (Wildman–Crippen MR) is 74.5 cm³/mol. The predicted octanol–water partition coefficient (Wildman–Crippen LogP) is 4.58. The van der Waals surface area contributed by atoms with Crippen molar-refractivity contribution in [2.45, 2.75) is 13.8 Å². The first-order valence-corrected chi connectivity index (χ1v) is 6.26. The third kappa shape index (κ3) is 2.64.